The first-order chi connectivity index (χ1) is 15.4. The third-order valence-corrected chi connectivity index (χ3v) is 5.30. The van der Waals surface area contributed by atoms with Crippen molar-refractivity contribution in [2.24, 2.45) is 0 Å². The molecule has 0 saturated carbocycles. The van der Waals surface area contributed by atoms with Gasteiger partial charge in [0.05, 0.1) is 18.2 Å². The van der Waals surface area contributed by atoms with E-state index in [2.05, 4.69) is 4.98 Å². The maximum Gasteiger partial charge on any atom is 0.300 e. The summed E-state index contributed by atoms with van der Waals surface area (Å²) in [4.78, 5) is 31.6. The van der Waals surface area contributed by atoms with Gasteiger partial charge in [0.15, 0.2) is 0 Å². The quantitative estimate of drug-likeness (QED) is 0.363. The van der Waals surface area contributed by atoms with Crippen LogP contribution in [-0.2, 0) is 9.59 Å². The van der Waals surface area contributed by atoms with Crippen molar-refractivity contribution < 1.29 is 23.8 Å². The topological polar surface area (TPSA) is 79.7 Å². The minimum Gasteiger partial charge on any atom is -0.507 e. The first kappa shape index (κ1) is 21.2. The van der Waals surface area contributed by atoms with E-state index < -0.39 is 23.5 Å². The van der Waals surface area contributed by atoms with Crippen LogP contribution in [0.1, 0.15) is 29.7 Å². The Bertz CT molecular complexity index is 1220. The Morgan fingerprint density at radius 1 is 1.12 bits per heavy atom. The van der Waals surface area contributed by atoms with Gasteiger partial charge in [-0.25, -0.2) is 4.39 Å². The molecule has 0 radical (unpaired) electrons. The summed E-state index contributed by atoms with van der Waals surface area (Å²) in [5, 5.41) is 11.1. The van der Waals surface area contributed by atoms with Crippen molar-refractivity contribution in [3.63, 3.8) is 0 Å². The molecule has 1 saturated heterocycles. The molecule has 32 heavy (non-hydrogen) atoms. The van der Waals surface area contributed by atoms with Crippen LogP contribution in [0.3, 0.4) is 0 Å². The van der Waals surface area contributed by atoms with Gasteiger partial charge >= 0.3 is 0 Å². The summed E-state index contributed by atoms with van der Waals surface area (Å²) in [7, 11) is 0. The standard InChI is InChI=1S/C25H21FN2O4/c1-3-32-19-6-4-5-18(14-19)28-22(16-9-11-27-12-10-16)21(24(30)25(28)31)23(29)17-7-8-20(26)15(2)13-17/h4-14,22,29H,3H2,1-2H3/b23-21+. The van der Waals surface area contributed by atoms with Gasteiger partial charge in [0.2, 0.25) is 0 Å². The lowest BCUT2D eigenvalue weighted by Crippen LogP contribution is -2.29. The SMILES string of the molecule is CCOc1cccc(N2C(=O)C(=O)/C(=C(/O)c3ccc(F)c(C)c3)C2c2ccncc2)c1. The van der Waals surface area contributed by atoms with E-state index in [0.29, 0.717) is 29.2 Å². The Morgan fingerprint density at radius 2 is 1.88 bits per heavy atom. The molecular weight excluding hydrogens is 411 g/mol. The Kier molecular flexibility index (Phi) is 5.73. The van der Waals surface area contributed by atoms with Crippen molar-refractivity contribution in [1.29, 1.82) is 0 Å². The highest BCUT2D eigenvalue weighted by Gasteiger charge is 2.47. The van der Waals surface area contributed by atoms with Gasteiger partial charge in [0.1, 0.15) is 17.3 Å². The van der Waals surface area contributed by atoms with E-state index in [0.717, 1.165) is 0 Å². The van der Waals surface area contributed by atoms with Crippen LogP contribution in [0.2, 0.25) is 0 Å². The average Bonchev–Trinajstić information content (AvgIpc) is 3.07. The van der Waals surface area contributed by atoms with Gasteiger partial charge in [-0.3, -0.25) is 19.5 Å². The average molecular weight is 432 g/mol. The number of pyridine rings is 1. The summed E-state index contributed by atoms with van der Waals surface area (Å²) in [6, 6.07) is 13.4. The molecule has 0 spiro atoms. The van der Waals surface area contributed by atoms with E-state index in [-0.39, 0.29) is 16.9 Å². The molecule has 1 aliphatic heterocycles. The van der Waals surface area contributed by atoms with Crippen LogP contribution >= 0.6 is 0 Å². The van der Waals surface area contributed by atoms with E-state index in [1.54, 1.807) is 55.7 Å². The maximum absolute atomic E-state index is 13.8. The third kappa shape index (κ3) is 3.73. The summed E-state index contributed by atoms with van der Waals surface area (Å²) in [5.74, 6) is -1.85. The molecule has 0 aliphatic carbocycles. The molecular formula is C25H21FN2O4. The molecule has 4 rings (SSSR count). The van der Waals surface area contributed by atoms with Crippen LogP contribution < -0.4 is 9.64 Å². The van der Waals surface area contributed by atoms with Crippen molar-refractivity contribution in [2.75, 3.05) is 11.5 Å². The molecule has 1 atom stereocenters. The molecule has 2 aromatic carbocycles. The van der Waals surface area contributed by atoms with Gasteiger partial charge in [-0.15, -0.1) is 0 Å². The summed E-state index contributed by atoms with van der Waals surface area (Å²) in [5.41, 5.74) is 1.54. The third-order valence-electron chi connectivity index (χ3n) is 5.30. The van der Waals surface area contributed by atoms with Gasteiger partial charge in [0, 0.05) is 29.7 Å². The lowest BCUT2D eigenvalue weighted by Gasteiger charge is -2.25. The summed E-state index contributed by atoms with van der Waals surface area (Å²) in [6.07, 6.45) is 3.10. The second kappa shape index (κ2) is 8.63. The van der Waals surface area contributed by atoms with E-state index in [1.165, 1.54) is 23.1 Å². The van der Waals surface area contributed by atoms with Gasteiger partial charge in [-0.05, 0) is 67.4 Å². The molecule has 0 bridgehead atoms. The zero-order chi connectivity index (χ0) is 22.8. The number of rotatable bonds is 5. The molecule has 162 valence electrons. The first-order valence-electron chi connectivity index (χ1n) is 10.1. The van der Waals surface area contributed by atoms with Crippen LogP contribution in [0, 0.1) is 12.7 Å². The number of halogens is 1. The highest BCUT2D eigenvalue weighted by atomic mass is 19.1. The predicted octanol–water partition coefficient (Wildman–Crippen LogP) is 4.55. The number of carbonyl (C=O) groups excluding carboxylic acids is 2. The molecule has 1 aliphatic rings. The Labute approximate surface area is 184 Å². The second-order valence-corrected chi connectivity index (χ2v) is 7.34. The summed E-state index contributed by atoms with van der Waals surface area (Å²) < 4.78 is 19.3. The summed E-state index contributed by atoms with van der Waals surface area (Å²) in [6.45, 7) is 3.85. The fourth-order valence-corrected chi connectivity index (χ4v) is 3.80. The van der Waals surface area contributed by atoms with Crippen molar-refractivity contribution in [3.8, 4) is 5.75 Å². The lowest BCUT2D eigenvalue weighted by molar-refractivity contribution is -0.132. The Hall–Kier alpha value is -4.00. The van der Waals surface area contributed by atoms with Crippen LogP contribution in [-0.4, -0.2) is 28.4 Å². The van der Waals surface area contributed by atoms with Gasteiger partial charge in [-0.2, -0.15) is 0 Å². The van der Waals surface area contributed by atoms with Crippen LogP contribution in [0.4, 0.5) is 10.1 Å². The second-order valence-electron chi connectivity index (χ2n) is 7.34. The van der Waals surface area contributed by atoms with Crippen molar-refractivity contribution in [1.82, 2.24) is 4.98 Å². The van der Waals surface area contributed by atoms with Crippen LogP contribution in [0.25, 0.3) is 5.76 Å². The summed E-state index contributed by atoms with van der Waals surface area (Å²) >= 11 is 0. The van der Waals surface area contributed by atoms with E-state index in [1.807, 2.05) is 6.92 Å². The largest absolute Gasteiger partial charge is 0.507 e. The number of anilines is 1. The van der Waals surface area contributed by atoms with Crippen molar-refractivity contribution in [2.45, 2.75) is 19.9 Å². The van der Waals surface area contributed by atoms with Crippen molar-refractivity contribution in [3.05, 3.63) is 95.1 Å². The van der Waals surface area contributed by atoms with Crippen LogP contribution in [0.15, 0.2) is 72.6 Å². The van der Waals surface area contributed by atoms with E-state index in [9.17, 15) is 19.1 Å². The van der Waals surface area contributed by atoms with Gasteiger partial charge in [-0.1, -0.05) is 6.07 Å². The highest BCUT2D eigenvalue weighted by molar-refractivity contribution is 6.51. The zero-order valence-corrected chi connectivity index (χ0v) is 17.6. The number of aliphatic hydroxyl groups is 1. The normalized spacial score (nSPS) is 17.6. The Balaban J connectivity index is 1.92. The minimum atomic E-state index is -0.889. The number of benzene rings is 2. The molecule has 1 N–H and O–H groups in total. The smallest absolute Gasteiger partial charge is 0.300 e. The van der Waals surface area contributed by atoms with Gasteiger partial charge in [0.25, 0.3) is 11.7 Å². The fourth-order valence-electron chi connectivity index (χ4n) is 3.80. The number of aromatic nitrogens is 1. The molecule has 1 fully saturated rings. The number of aliphatic hydroxyl groups excluding tert-OH is 1. The number of aryl methyl sites for hydroxylation is 1. The number of Topliss-reactive ketones (excluding diaryl/α,β-unsaturated/α-hetero) is 1. The number of ketones is 1. The zero-order valence-electron chi connectivity index (χ0n) is 17.6. The van der Waals surface area contributed by atoms with E-state index in [4.69, 9.17) is 4.74 Å². The van der Waals surface area contributed by atoms with E-state index >= 15 is 0 Å². The lowest BCUT2D eigenvalue weighted by atomic mass is 9.95. The number of amides is 1. The number of carbonyl (C=O) groups is 2. The molecule has 3 aromatic rings. The van der Waals surface area contributed by atoms with Gasteiger partial charge < -0.3 is 9.84 Å². The number of hydrogen-bond donors (Lipinski definition) is 1. The molecule has 1 aromatic heterocycles. The highest BCUT2D eigenvalue weighted by Crippen LogP contribution is 2.42. The molecule has 1 unspecified atom stereocenters. The monoisotopic (exact) mass is 432 g/mol. The number of nitrogens with zero attached hydrogens (tertiary/aromatic N) is 2. The van der Waals surface area contributed by atoms with Crippen molar-refractivity contribution >= 4 is 23.1 Å². The maximum atomic E-state index is 13.8. The first-order valence-corrected chi connectivity index (χ1v) is 10.1. The number of ether oxygens (including phenoxy) is 1. The predicted molar refractivity (Wildman–Crippen MR) is 118 cm³/mol. The number of hydrogen-bond acceptors (Lipinski definition) is 5. The van der Waals surface area contributed by atoms with Crippen LogP contribution in [0.5, 0.6) is 5.75 Å². The molecule has 2 heterocycles. The molecule has 6 nitrogen and oxygen atoms in total. The Morgan fingerprint density at radius 3 is 2.56 bits per heavy atom. The molecule has 1 amide bonds. The molecule has 7 heteroatoms. The fraction of sp³-hybridized carbons (Fsp3) is 0.160. The minimum absolute atomic E-state index is 0.0750.